The van der Waals surface area contributed by atoms with E-state index in [1.165, 1.54) is 24.7 Å². The third-order valence-electron chi connectivity index (χ3n) is 3.23. The maximum Gasteiger partial charge on any atom is 0.251 e. The number of amides is 1. The number of H-pyrrole nitrogens is 1. The van der Waals surface area contributed by atoms with Crippen molar-refractivity contribution in [2.75, 3.05) is 0 Å². The van der Waals surface area contributed by atoms with E-state index in [0.717, 1.165) is 6.42 Å². The molecule has 1 unspecified atom stereocenters. The number of rotatable bonds is 6. The van der Waals surface area contributed by atoms with Gasteiger partial charge in [0.05, 0.1) is 6.04 Å². The lowest BCUT2D eigenvalue weighted by Crippen LogP contribution is -2.27. The van der Waals surface area contributed by atoms with Crippen LogP contribution in [-0.2, 0) is 6.42 Å². The van der Waals surface area contributed by atoms with Gasteiger partial charge in [0.25, 0.3) is 5.91 Å². The molecule has 20 heavy (non-hydrogen) atoms. The van der Waals surface area contributed by atoms with Crippen LogP contribution >= 0.6 is 0 Å². The topological polar surface area (TPSA) is 70.7 Å². The van der Waals surface area contributed by atoms with E-state index in [4.69, 9.17) is 0 Å². The van der Waals surface area contributed by atoms with E-state index < -0.39 is 0 Å². The first kappa shape index (κ1) is 14.2. The Hall–Kier alpha value is -2.17. The van der Waals surface area contributed by atoms with Crippen molar-refractivity contribution in [2.45, 2.75) is 39.2 Å². The second-order valence-electron chi connectivity index (χ2n) is 4.87. The summed E-state index contributed by atoms with van der Waals surface area (Å²) < 4.78 is 0. The molecule has 106 valence electrons. The van der Waals surface area contributed by atoms with Crippen molar-refractivity contribution in [1.29, 1.82) is 0 Å². The minimum absolute atomic E-state index is 0.101. The Bertz CT molecular complexity index is 534. The molecule has 0 saturated carbocycles. The van der Waals surface area contributed by atoms with E-state index in [-0.39, 0.29) is 11.9 Å². The summed E-state index contributed by atoms with van der Waals surface area (Å²) in [6.45, 7) is 4.04. The van der Waals surface area contributed by atoms with Crippen molar-refractivity contribution in [1.82, 2.24) is 20.5 Å². The zero-order valence-corrected chi connectivity index (χ0v) is 11.9. The molecule has 1 aromatic carbocycles. The first-order chi connectivity index (χ1) is 9.70. The second kappa shape index (κ2) is 6.84. The predicted molar refractivity (Wildman–Crippen MR) is 77.3 cm³/mol. The zero-order valence-electron chi connectivity index (χ0n) is 11.9. The molecule has 5 heteroatoms. The highest BCUT2D eigenvalue weighted by Gasteiger charge is 2.13. The highest BCUT2D eigenvalue weighted by Crippen LogP contribution is 2.10. The van der Waals surface area contributed by atoms with Gasteiger partial charge in [0.1, 0.15) is 12.2 Å². The molecule has 0 fully saturated rings. The maximum absolute atomic E-state index is 12.1. The predicted octanol–water partition coefficient (Wildman–Crippen LogP) is 2.64. The molecule has 0 aliphatic heterocycles. The standard InChI is InChI=1S/C15H20N4O/c1-3-4-5-12-6-8-13(9-7-12)15(20)18-11(2)14-16-10-17-19-14/h6-11H,3-5H2,1-2H3,(H,18,20)(H,16,17,19). The lowest BCUT2D eigenvalue weighted by Gasteiger charge is -2.11. The molecule has 2 N–H and O–H groups in total. The van der Waals surface area contributed by atoms with Crippen LogP contribution in [0.2, 0.25) is 0 Å². The van der Waals surface area contributed by atoms with Crippen molar-refractivity contribution in [3.05, 3.63) is 47.5 Å². The summed E-state index contributed by atoms with van der Waals surface area (Å²) in [5, 5.41) is 9.41. The van der Waals surface area contributed by atoms with Gasteiger partial charge in [-0.05, 0) is 37.5 Å². The summed E-state index contributed by atoms with van der Waals surface area (Å²) in [5.41, 5.74) is 1.93. The molecule has 0 radical (unpaired) electrons. The quantitative estimate of drug-likeness (QED) is 0.849. The summed E-state index contributed by atoms with van der Waals surface area (Å²) in [5.74, 6) is 0.550. The highest BCUT2D eigenvalue weighted by molar-refractivity contribution is 5.94. The average molecular weight is 272 g/mol. The van der Waals surface area contributed by atoms with E-state index in [9.17, 15) is 4.79 Å². The Morgan fingerprint density at radius 2 is 2.10 bits per heavy atom. The number of unbranched alkanes of at least 4 members (excludes halogenated alkanes) is 1. The van der Waals surface area contributed by atoms with Gasteiger partial charge in [-0.3, -0.25) is 9.89 Å². The highest BCUT2D eigenvalue weighted by atomic mass is 16.1. The Labute approximate surface area is 118 Å². The normalized spacial score (nSPS) is 12.1. The summed E-state index contributed by atoms with van der Waals surface area (Å²) >= 11 is 0. The maximum atomic E-state index is 12.1. The number of nitrogens with one attached hydrogen (secondary N) is 2. The number of hydrogen-bond acceptors (Lipinski definition) is 3. The number of hydrogen-bond donors (Lipinski definition) is 2. The second-order valence-corrected chi connectivity index (χ2v) is 4.87. The SMILES string of the molecule is CCCCc1ccc(C(=O)NC(C)c2ncn[nH]2)cc1. The first-order valence-electron chi connectivity index (χ1n) is 6.95. The van der Waals surface area contributed by atoms with E-state index in [2.05, 4.69) is 27.4 Å². The molecule has 0 saturated heterocycles. The summed E-state index contributed by atoms with van der Waals surface area (Å²) in [6, 6.07) is 7.58. The molecule has 0 aliphatic carbocycles. The molecule has 0 aliphatic rings. The Morgan fingerprint density at radius 3 is 2.70 bits per heavy atom. The molecule has 2 aromatic rings. The zero-order chi connectivity index (χ0) is 14.4. The summed E-state index contributed by atoms with van der Waals surface area (Å²) in [4.78, 5) is 16.1. The van der Waals surface area contributed by atoms with Crippen molar-refractivity contribution >= 4 is 5.91 Å². The number of benzene rings is 1. The molecule has 1 aromatic heterocycles. The van der Waals surface area contributed by atoms with Crippen molar-refractivity contribution < 1.29 is 4.79 Å². The van der Waals surface area contributed by atoms with Crippen LogP contribution in [0, 0.1) is 0 Å². The van der Waals surface area contributed by atoms with Gasteiger partial charge in [-0.1, -0.05) is 25.5 Å². The van der Waals surface area contributed by atoms with Gasteiger partial charge in [-0.2, -0.15) is 5.10 Å². The third kappa shape index (κ3) is 3.66. The van der Waals surface area contributed by atoms with Crippen molar-refractivity contribution in [3.8, 4) is 0 Å². The fourth-order valence-electron chi connectivity index (χ4n) is 1.98. The number of nitrogens with zero attached hydrogens (tertiary/aromatic N) is 2. The number of carbonyl (C=O) groups is 1. The van der Waals surface area contributed by atoms with Gasteiger partial charge < -0.3 is 5.32 Å². The van der Waals surface area contributed by atoms with Gasteiger partial charge in [0, 0.05) is 5.56 Å². The number of aromatic amines is 1. The van der Waals surface area contributed by atoms with Gasteiger partial charge in [0.15, 0.2) is 0 Å². The van der Waals surface area contributed by atoms with Crippen LogP contribution in [0.5, 0.6) is 0 Å². The van der Waals surface area contributed by atoms with Crippen molar-refractivity contribution in [3.63, 3.8) is 0 Å². The van der Waals surface area contributed by atoms with Crippen LogP contribution in [-0.4, -0.2) is 21.1 Å². The molecule has 0 spiro atoms. The fourth-order valence-corrected chi connectivity index (χ4v) is 1.98. The number of carbonyl (C=O) groups excluding carboxylic acids is 1. The molecule has 5 nitrogen and oxygen atoms in total. The minimum atomic E-state index is -0.190. The molecule has 2 rings (SSSR count). The lowest BCUT2D eigenvalue weighted by atomic mass is 10.1. The van der Waals surface area contributed by atoms with Gasteiger partial charge >= 0.3 is 0 Å². The molecular formula is C15H20N4O. The minimum Gasteiger partial charge on any atom is -0.342 e. The Morgan fingerprint density at radius 1 is 1.35 bits per heavy atom. The largest absolute Gasteiger partial charge is 0.342 e. The first-order valence-corrected chi connectivity index (χ1v) is 6.95. The van der Waals surface area contributed by atoms with E-state index >= 15 is 0 Å². The van der Waals surface area contributed by atoms with Crippen LogP contribution in [0.1, 0.15) is 54.5 Å². The number of aryl methyl sites for hydroxylation is 1. The van der Waals surface area contributed by atoms with E-state index in [0.29, 0.717) is 11.4 Å². The average Bonchev–Trinajstić information content (AvgIpc) is 3.00. The molecule has 1 amide bonds. The third-order valence-corrected chi connectivity index (χ3v) is 3.23. The smallest absolute Gasteiger partial charge is 0.251 e. The van der Waals surface area contributed by atoms with Crippen LogP contribution in [0.15, 0.2) is 30.6 Å². The van der Waals surface area contributed by atoms with Crippen LogP contribution in [0.3, 0.4) is 0 Å². The van der Waals surface area contributed by atoms with E-state index in [1.807, 2.05) is 31.2 Å². The Kier molecular flexibility index (Phi) is 4.87. The molecule has 1 atom stereocenters. The van der Waals surface area contributed by atoms with Crippen LogP contribution < -0.4 is 5.32 Å². The molecule has 0 bridgehead atoms. The monoisotopic (exact) mass is 272 g/mol. The lowest BCUT2D eigenvalue weighted by molar-refractivity contribution is 0.0938. The summed E-state index contributed by atoms with van der Waals surface area (Å²) in [7, 11) is 0. The van der Waals surface area contributed by atoms with Gasteiger partial charge in [-0.25, -0.2) is 4.98 Å². The molecule has 1 heterocycles. The van der Waals surface area contributed by atoms with Gasteiger partial charge in [0.2, 0.25) is 0 Å². The van der Waals surface area contributed by atoms with E-state index in [1.54, 1.807) is 0 Å². The van der Waals surface area contributed by atoms with Crippen LogP contribution in [0.4, 0.5) is 0 Å². The van der Waals surface area contributed by atoms with Gasteiger partial charge in [-0.15, -0.1) is 0 Å². The van der Waals surface area contributed by atoms with Crippen molar-refractivity contribution in [2.24, 2.45) is 0 Å². The number of aromatic nitrogens is 3. The fraction of sp³-hybridized carbons (Fsp3) is 0.400. The Balaban J connectivity index is 1.95. The summed E-state index contributed by atoms with van der Waals surface area (Å²) in [6.07, 6.45) is 4.85. The molecular weight excluding hydrogens is 252 g/mol. The van der Waals surface area contributed by atoms with Crippen LogP contribution in [0.25, 0.3) is 0 Å².